The molecule has 1 aromatic heterocycles. The third kappa shape index (κ3) is 5.91. The summed E-state index contributed by atoms with van der Waals surface area (Å²) in [5.74, 6) is -0.313. The van der Waals surface area contributed by atoms with Crippen LogP contribution >= 0.6 is 0 Å². The molecular weight excluding hydrogens is 272 g/mol. The molecule has 0 fully saturated rings. The molecule has 6 heteroatoms. The molecule has 1 atom stereocenters. The van der Waals surface area contributed by atoms with Gasteiger partial charge in [0, 0.05) is 19.3 Å². The van der Waals surface area contributed by atoms with E-state index in [0.29, 0.717) is 19.1 Å². The van der Waals surface area contributed by atoms with Gasteiger partial charge in [0.1, 0.15) is 11.8 Å². The summed E-state index contributed by atoms with van der Waals surface area (Å²) in [5.41, 5.74) is 0.989. The molecule has 0 aliphatic carbocycles. The molecule has 0 unspecified atom stereocenters. The molecule has 0 aliphatic rings. The van der Waals surface area contributed by atoms with Gasteiger partial charge >= 0.3 is 5.97 Å². The average Bonchev–Trinajstić information content (AvgIpc) is 2.49. The highest BCUT2D eigenvalue weighted by Crippen LogP contribution is 2.04. The Hall–Kier alpha value is -1.95. The van der Waals surface area contributed by atoms with E-state index in [-0.39, 0.29) is 11.6 Å². The molecule has 0 aliphatic heterocycles. The maximum absolute atomic E-state index is 11.9. The summed E-state index contributed by atoms with van der Waals surface area (Å²) in [6.07, 6.45) is 1.00. The molecule has 116 valence electrons. The Morgan fingerprint density at radius 2 is 2.05 bits per heavy atom. The summed E-state index contributed by atoms with van der Waals surface area (Å²) < 4.78 is 10.0. The molecular formula is C15H22N2O4. The van der Waals surface area contributed by atoms with Gasteiger partial charge in [0.25, 0.3) is 0 Å². The molecule has 1 N–H and O–H groups in total. The van der Waals surface area contributed by atoms with E-state index in [2.05, 4.69) is 15.0 Å². The minimum absolute atomic E-state index is 0.188. The van der Waals surface area contributed by atoms with Crippen LogP contribution in [0.5, 0.6) is 0 Å². The zero-order valence-corrected chi connectivity index (χ0v) is 12.9. The maximum atomic E-state index is 11.9. The van der Waals surface area contributed by atoms with Crippen LogP contribution in [-0.4, -0.2) is 36.7 Å². The largest absolute Gasteiger partial charge is 0.464 e. The third-order valence-electron chi connectivity index (χ3n) is 2.73. The predicted octanol–water partition coefficient (Wildman–Crippen LogP) is 1.55. The predicted molar refractivity (Wildman–Crippen MR) is 77.7 cm³/mol. The van der Waals surface area contributed by atoms with Crippen molar-refractivity contribution in [2.75, 3.05) is 13.7 Å². The third-order valence-corrected chi connectivity index (χ3v) is 2.73. The van der Waals surface area contributed by atoms with Crippen molar-refractivity contribution in [3.05, 3.63) is 29.6 Å². The van der Waals surface area contributed by atoms with Crippen LogP contribution in [-0.2, 0) is 20.8 Å². The fraction of sp³-hybridized carbons (Fsp3) is 0.533. The first-order valence-electron chi connectivity index (χ1n) is 6.86. The minimum atomic E-state index is -0.505. The number of hydrogen-bond donors (Lipinski definition) is 1. The van der Waals surface area contributed by atoms with Crippen molar-refractivity contribution in [1.82, 2.24) is 10.3 Å². The highest BCUT2D eigenvalue weighted by molar-refractivity contribution is 5.87. The number of nitrogens with one attached hydrogen (secondary N) is 1. The second kappa shape index (κ2) is 8.36. The number of carbonyl (C=O) groups excluding carboxylic acids is 2. The van der Waals surface area contributed by atoms with Gasteiger partial charge in [0.05, 0.1) is 7.11 Å². The number of esters is 1. The lowest BCUT2D eigenvalue weighted by atomic mass is 10.2. The highest BCUT2D eigenvalue weighted by atomic mass is 16.5. The van der Waals surface area contributed by atoms with Gasteiger partial charge in [0.2, 0.25) is 5.91 Å². The number of methoxy groups -OCH3 is 1. The van der Waals surface area contributed by atoms with Crippen molar-refractivity contribution >= 4 is 11.9 Å². The molecule has 1 heterocycles. The second-order valence-corrected chi connectivity index (χ2v) is 5.13. The second-order valence-electron chi connectivity index (χ2n) is 5.13. The fourth-order valence-electron chi connectivity index (χ4n) is 1.55. The molecule has 0 radical (unpaired) electrons. The first kappa shape index (κ1) is 17.1. The van der Waals surface area contributed by atoms with Crippen molar-refractivity contribution in [3.8, 4) is 0 Å². The SMILES string of the molecule is COC(=O)c1cc(CNC(=O)[C@H](C)OCC(C)C)ccn1. The molecule has 1 amide bonds. The van der Waals surface area contributed by atoms with Crippen molar-refractivity contribution < 1.29 is 19.1 Å². The molecule has 1 rings (SSSR count). The topological polar surface area (TPSA) is 77.5 Å². The first-order valence-corrected chi connectivity index (χ1v) is 6.86. The number of nitrogens with zero attached hydrogens (tertiary/aromatic N) is 1. The van der Waals surface area contributed by atoms with Crippen molar-refractivity contribution in [2.24, 2.45) is 5.92 Å². The average molecular weight is 294 g/mol. The Morgan fingerprint density at radius 1 is 1.33 bits per heavy atom. The van der Waals surface area contributed by atoms with E-state index in [1.165, 1.54) is 13.3 Å². The van der Waals surface area contributed by atoms with Crippen LogP contribution in [0.4, 0.5) is 0 Å². The molecule has 6 nitrogen and oxygen atoms in total. The summed E-state index contributed by atoms with van der Waals surface area (Å²) in [4.78, 5) is 27.1. The molecule has 0 aromatic carbocycles. The van der Waals surface area contributed by atoms with E-state index in [1.54, 1.807) is 19.1 Å². The Labute approximate surface area is 124 Å². The molecule has 0 saturated carbocycles. The van der Waals surface area contributed by atoms with Crippen LogP contribution in [0, 0.1) is 5.92 Å². The minimum Gasteiger partial charge on any atom is -0.464 e. The van der Waals surface area contributed by atoms with Gasteiger partial charge in [-0.2, -0.15) is 0 Å². The smallest absolute Gasteiger partial charge is 0.356 e. The van der Waals surface area contributed by atoms with E-state index in [4.69, 9.17) is 4.74 Å². The quantitative estimate of drug-likeness (QED) is 0.772. The summed E-state index contributed by atoms with van der Waals surface area (Å²) in [5, 5.41) is 2.76. The lowest BCUT2D eigenvalue weighted by molar-refractivity contribution is -0.132. The standard InChI is InChI=1S/C15H22N2O4/c1-10(2)9-21-11(3)14(18)17-8-12-5-6-16-13(7-12)15(19)20-4/h5-7,10-11H,8-9H2,1-4H3,(H,17,18)/t11-/m0/s1. The van der Waals surface area contributed by atoms with Crippen LogP contribution in [0.25, 0.3) is 0 Å². The molecule has 0 saturated heterocycles. The van der Waals surface area contributed by atoms with Crippen LogP contribution in [0.15, 0.2) is 18.3 Å². The lowest BCUT2D eigenvalue weighted by Crippen LogP contribution is -2.34. The highest BCUT2D eigenvalue weighted by Gasteiger charge is 2.14. The van der Waals surface area contributed by atoms with E-state index in [0.717, 1.165) is 5.56 Å². The van der Waals surface area contributed by atoms with Gasteiger partial charge in [-0.05, 0) is 30.5 Å². The van der Waals surface area contributed by atoms with Gasteiger partial charge in [0.15, 0.2) is 0 Å². The number of carbonyl (C=O) groups is 2. The van der Waals surface area contributed by atoms with Crippen molar-refractivity contribution in [1.29, 1.82) is 0 Å². The molecule has 0 bridgehead atoms. The molecule has 0 spiro atoms. The van der Waals surface area contributed by atoms with E-state index >= 15 is 0 Å². The normalized spacial score (nSPS) is 12.0. The number of rotatable bonds is 7. The maximum Gasteiger partial charge on any atom is 0.356 e. The van der Waals surface area contributed by atoms with Crippen LogP contribution in [0.1, 0.15) is 36.8 Å². The Morgan fingerprint density at radius 3 is 2.67 bits per heavy atom. The van der Waals surface area contributed by atoms with Gasteiger partial charge in [-0.1, -0.05) is 13.8 Å². The Balaban J connectivity index is 2.51. The number of pyridine rings is 1. The van der Waals surface area contributed by atoms with E-state index in [9.17, 15) is 9.59 Å². The Bertz CT molecular complexity index is 488. The summed E-state index contributed by atoms with van der Waals surface area (Å²) in [7, 11) is 1.30. The number of hydrogen-bond acceptors (Lipinski definition) is 5. The van der Waals surface area contributed by atoms with Crippen molar-refractivity contribution in [3.63, 3.8) is 0 Å². The van der Waals surface area contributed by atoms with Gasteiger partial charge in [-0.15, -0.1) is 0 Å². The van der Waals surface area contributed by atoms with Crippen LogP contribution < -0.4 is 5.32 Å². The summed E-state index contributed by atoms with van der Waals surface area (Å²) in [6, 6.07) is 3.32. The van der Waals surface area contributed by atoms with Crippen LogP contribution in [0.2, 0.25) is 0 Å². The molecule has 1 aromatic rings. The van der Waals surface area contributed by atoms with Crippen LogP contribution in [0.3, 0.4) is 0 Å². The monoisotopic (exact) mass is 294 g/mol. The fourth-order valence-corrected chi connectivity index (χ4v) is 1.55. The Kier molecular flexibility index (Phi) is 6.81. The van der Waals surface area contributed by atoms with E-state index in [1.807, 2.05) is 13.8 Å². The zero-order valence-electron chi connectivity index (χ0n) is 12.9. The number of amides is 1. The van der Waals surface area contributed by atoms with Gasteiger partial charge in [-0.3, -0.25) is 4.79 Å². The van der Waals surface area contributed by atoms with Gasteiger partial charge in [-0.25, -0.2) is 9.78 Å². The first-order chi connectivity index (χ1) is 9.93. The van der Waals surface area contributed by atoms with E-state index < -0.39 is 12.1 Å². The molecule has 21 heavy (non-hydrogen) atoms. The summed E-state index contributed by atoms with van der Waals surface area (Å²) in [6.45, 7) is 6.60. The lowest BCUT2D eigenvalue weighted by Gasteiger charge is -2.14. The zero-order chi connectivity index (χ0) is 15.8. The van der Waals surface area contributed by atoms with Crippen molar-refractivity contribution in [2.45, 2.75) is 33.4 Å². The number of ether oxygens (including phenoxy) is 2. The number of aromatic nitrogens is 1. The summed E-state index contributed by atoms with van der Waals surface area (Å²) >= 11 is 0. The van der Waals surface area contributed by atoms with Gasteiger partial charge < -0.3 is 14.8 Å².